The van der Waals surface area contributed by atoms with E-state index in [1.807, 2.05) is 0 Å². The average Bonchev–Trinajstić information content (AvgIpc) is 2.04. The first-order valence-corrected chi connectivity index (χ1v) is 4.10. The van der Waals surface area contributed by atoms with Gasteiger partial charge in [-0.15, -0.1) is 23.9 Å². The van der Waals surface area contributed by atoms with Gasteiger partial charge < -0.3 is 10.5 Å². The molecule has 1 amide bonds. The lowest BCUT2D eigenvalue weighted by atomic mass is 10.1. The van der Waals surface area contributed by atoms with E-state index in [0.29, 0.717) is 5.88 Å². The minimum atomic E-state index is -0.728. The predicted octanol–water partition coefficient (Wildman–Crippen LogP) is 0.365. The zero-order valence-corrected chi connectivity index (χ0v) is 7.67. The number of alkyl halides is 1. The van der Waals surface area contributed by atoms with Crippen molar-refractivity contribution in [2.24, 2.45) is 11.7 Å². The van der Waals surface area contributed by atoms with Crippen molar-refractivity contribution in [1.29, 1.82) is 0 Å². The first-order chi connectivity index (χ1) is 5.63. The molecule has 2 atom stereocenters. The largest absolute Gasteiger partial charge is 0.367 e. The van der Waals surface area contributed by atoms with Crippen LogP contribution in [0.3, 0.4) is 0 Å². The normalized spacial score (nSPS) is 14.8. The summed E-state index contributed by atoms with van der Waals surface area (Å²) in [7, 11) is 0. The van der Waals surface area contributed by atoms with Crippen molar-refractivity contribution >= 4 is 17.5 Å². The first-order valence-electron chi connectivity index (χ1n) is 3.56. The fraction of sp³-hybridized carbons (Fsp3) is 0.625. The summed E-state index contributed by atoms with van der Waals surface area (Å²) in [4.78, 5) is 10.8. The Morgan fingerprint density at radius 3 is 2.75 bits per heavy atom. The molecule has 2 N–H and O–H groups in total. The Bertz CT molecular complexity index is 188. The lowest BCUT2D eigenvalue weighted by Gasteiger charge is -2.16. The first kappa shape index (κ1) is 11.3. The van der Waals surface area contributed by atoms with Gasteiger partial charge in [0.25, 0.3) is 0 Å². The van der Waals surface area contributed by atoms with Crippen LogP contribution in [0, 0.1) is 18.3 Å². The molecule has 0 aliphatic heterocycles. The lowest BCUT2D eigenvalue weighted by molar-refractivity contribution is -0.130. The molecule has 0 bridgehead atoms. The van der Waals surface area contributed by atoms with E-state index in [9.17, 15) is 4.79 Å². The standard InChI is InChI=1S/C8H12ClNO2/c1-3-6(2)7(8(10)11)12-5-4-9/h1,6-7H,4-5H2,2H3,(H2,10,11). The number of carbonyl (C=O) groups is 1. The fourth-order valence-electron chi connectivity index (χ4n) is 0.732. The Morgan fingerprint density at radius 2 is 2.42 bits per heavy atom. The molecule has 0 saturated heterocycles. The van der Waals surface area contributed by atoms with Gasteiger partial charge in [0.1, 0.15) is 6.10 Å². The number of carbonyl (C=O) groups excluding carboxylic acids is 1. The molecule has 0 heterocycles. The molecule has 0 spiro atoms. The zero-order chi connectivity index (χ0) is 9.56. The van der Waals surface area contributed by atoms with Gasteiger partial charge in [-0.2, -0.15) is 0 Å². The molecule has 0 aliphatic carbocycles. The topological polar surface area (TPSA) is 52.3 Å². The highest BCUT2D eigenvalue weighted by atomic mass is 35.5. The molecule has 4 heteroatoms. The molecule has 0 fully saturated rings. The maximum atomic E-state index is 10.8. The van der Waals surface area contributed by atoms with Crippen LogP contribution in [0.15, 0.2) is 0 Å². The Labute approximate surface area is 77.2 Å². The smallest absolute Gasteiger partial charge is 0.247 e. The monoisotopic (exact) mass is 189 g/mol. The molecule has 0 radical (unpaired) electrons. The zero-order valence-electron chi connectivity index (χ0n) is 6.92. The van der Waals surface area contributed by atoms with Gasteiger partial charge in [0.05, 0.1) is 12.5 Å². The van der Waals surface area contributed by atoms with Gasteiger partial charge in [0.2, 0.25) is 5.91 Å². The number of terminal acetylenes is 1. The SMILES string of the molecule is C#CC(C)C(OCCCl)C(N)=O. The van der Waals surface area contributed by atoms with E-state index in [2.05, 4.69) is 5.92 Å². The summed E-state index contributed by atoms with van der Waals surface area (Å²) in [5.74, 6) is 1.84. The number of primary amides is 1. The number of rotatable bonds is 5. The molecule has 0 aromatic rings. The summed E-state index contributed by atoms with van der Waals surface area (Å²) >= 11 is 5.37. The molecule has 68 valence electrons. The Hall–Kier alpha value is -0.720. The van der Waals surface area contributed by atoms with E-state index in [1.54, 1.807) is 6.92 Å². The van der Waals surface area contributed by atoms with Gasteiger partial charge in [0.15, 0.2) is 0 Å². The van der Waals surface area contributed by atoms with Gasteiger partial charge in [-0.05, 0) is 6.92 Å². The highest BCUT2D eigenvalue weighted by Crippen LogP contribution is 2.05. The van der Waals surface area contributed by atoms with Crippen molar-refractivity contribution in [1.82, 2.24) is 0 Å². The molecule has 3 nitrogen and oxygen atoms in total. The number of ether oxygens (including phenoxy) is 1. The van der Waals surface area contributed by atoms with E-state index >= 15 is 0 Å². The second-order valence-electron chi connectivity index (χ2n) is 2.34. The van der Waals surface area contributed by atoms with Crippen LogP contribution in [-0.4, -0.2) is 24.5 Å². The number of hydrogen-bond donors (Lipinski definition) is 1. The molecule has 0 rings (SSSR count). The van der Waals surface area contributed by atoms with Crippen LogP contribution < -0.4 is 5.73 Å². The molecular weight excluding hydrogens is 178 g/mol. The van der Waals surface area contributed by atoms with Crippen LogP contribution in [0.1, 0.15) is 6.92 Å². The van der Waals surface area contributed by atoms with Crippen molar-refractivity contribution < 1.29 is 9.53 Å². The summed E-state index contributed by atoms with van der Waals surface area (Å²) in [5, 5.41) is 0. The van der Waals surface area contributed by atoms with E-state index in [4.69, 9.17) is 28.5 Å². The summed E-state index contributed by atoms with van der Waals surface area (Å²) in [6, 6.07) is 0. The van der Waals surface area contributed by atoms with Crippen LogP contribution in [-0.2, 0) is 9.53 Å². The minimum Gasteiger partial charge on any atom is -0.367 e. The van der Waals surface area contributed by atoms with Crippen LogP contribution >= 0.6 is 11.6 Å². The molecular formula is C8H12ClNO2. The Balaban J connectivity index is 4.06. The van der Waals surface area contributed by atoms with Gasteiger partial charge in [-0.3, -0.25) is 4.79 Å². The molecule has 0 aromatic carbocycles. The van der Waals surface area contributed by atoms with Gasteiger partial charge in [-0.25, -0.2) is 0 Å². The molecule has 2 unspecified atom stereocenters. The summed E-state index contributed by atoms with van der Waals surface area (Å²) in [5.41, 5.74) is 5.05. The molecule has 0 aliphatic rings. The second kappa shape index (κ2) is 5.87. The van der Waals surface area contributed by atoms with Gasteiger partial charge in [0, 0.05) is 5.88 Å². The average molecular weight is 190 g/mol. The highest BCUT2D eigenvalue weighted by molar-refractivity contribution is 6.17. The fourth-order valence-corrected chi connectivity index (χ4v) is 0.821. The van der Waals surface area contributed by atoms with E-state index < -0.39 is 12.0 Å². The molecule has 0 aromatic heterocycles. The van der Waals surface area contributed by atoms with Crippen molar-refractivity contribution in [3.05, 3.63) is 0 Å². The Kier molecular flexibility index (Phi) is 5.52. The third kappa shape index (κ3) is 3.61. The van der Waals surface area contributed by atoms with Crippen LogP contribution in [0.5, 0.6) is 0 Å². The molecule has 12 heavy (non-hydrogen) atoms. The summed E-state index contributed by atoms with van der Waals surface area (Å²) < 4.78 is 5.06. The van der Waals surface area contributed by atoms with E-state index in [-0.39, 0.29) is 12.5 Å². The maximum absolute atomic E-state index is 10.8. The maximum Gasteiger partial charge on any atom is 0.247 e. The summed E-state index contributed by atoms with van der Waals surface area (Å²) in [6.45, 7) is 1.98. The predicted molar refractivity (Wildman–Crippen MR) is 47.7 cm³/mol. The molecule has 0 saturated carbocycles. The summed E-state index contributed by atoms with van der Waals surface area (Å²) in [6.07, 6.45) is 4.38. The van der Waals surface area contributed by atoms with Crippen LogP contribution in [0.25, 0.3) is 0 Å². The van der Waals surface area contributed by atoms with Crippen molar-refractivity contribution in [3.8, 4) is 12.3 Å². The lowest BCUT2D eigenvalue weighted by Crippen LogP contribution is -2.36. The van der Waals surface area contributed by atoms with Gasteiger partial charge in [-0.1, -0.05) is 0 Å². The second-order valence-corrected chi connectivity index (χ2v) is 2.72. The van der Waals surface area contributed by atoms with Gasteiger partial charge >= 0.3 is 0 Å². The van der Waals surface area contributed by atoms with E-state index in [0.717, 1.165) is 0 Å². The Morgan fingerprint density at radius 1 is 1.83 bits per heavy atom. The number of halogens is 1. The van der Waals surface area contributed by atoms with Crippen LogP contribution in [0.4, 0.5) is 0 Å². The van der Waals surface area contributed by atoms with Crippen molar-refractivity contribution in [2.75, 3.05) is 12.5 Å². The number of amides is 1. The number of hydrogen-bond acceptors (Lipinski definition) is 2. The minimum absolute atomic E-state index is 0.279. The van der Waals surface area contributed by atoms with Crippen molar-refractivity contribution in [2.45, 2.75) is 13.0 Å². The van der Waals surface area contributed by atoms with Crippen molar-refractivity contribution in [3.63, 3.8) is 0 Å². The quantitative estimate of drug-likeness (QED) is 0.502. The third-order valence-corrected chi connectivity index (χ3v) is 1.53. The third-order valence-electron chi connectivity index (χ3n) is 1.37. The van der Waals surface area contributed by atoms with Crippen LogP contribution in [0.2, 0.25) is 0 Å². The highest BCUT2D eigenvalue weighted by Gasteiger charge is 2.21. The number of nitrogens with two attached hydrogens (primary N) is 1. The van der Waals surface area contributed by atoms with E-state index in [1.165, 1.54) is 0 Å².